The average Bonchev–Trinajstić information content (AvgIpc) is 2.54. The summed E-state index contributed by atoms with van der Waals surface area (Å²) in [6, 6.07) is 0. The number of nitrogens with zero attached hydrogens (tertiary/aromatic N) is 1. The molecular weight excluding hydrogens is 272 g/mol. The SMILES string of the molecule is CCOC(=O)C1CCCN(C(=O)COC2CCNCC2)C1. The molecule has 6 nitrogen and oxygen atoms in total. The highest BCUT2D eigenvalue weighted by Crippen LogP contribution is 2.18. The van der Waals surface area contributed by atoms with Crippen LogP contribution >= 0.6 is 0 Å². The van der Waals surface area contributed by atoms with Gasteiger partial charge in [-0.2, -0.15) is 0 Å². The van der Waals surface area contributed by atoms with Crippen LogP contribution in [-0.2, 0) is 19.1 Å². The normalized spacial score (nSPS) is 23.9. The Morgan fingerprint density at radius 2 is 2.00 bits per heavy atom. The Bertz CT molecular complexity index is 356. The fourth-order valence-corrected chi connectivity index (χ4v) is 2.90. The molecule has 1 unspecified atom stereocenters. The molecule has 1 N–H and O–H groups in total. The second-order valence-electron chi connectivity index (χ2n) is 5.69. The highest BCUT2D eigenvalue weighted by molar-refractivity contribution is 5.79. The molecule has 21 heavy (non-hydrogen) atoms. The molecule has 0 spiro atoms. The van der Waals surface area contributed by atoms with Gasteiger partial charge in [-0.1, -0.05) is 0 Å². The van der Waals surface area contributed by atoms with E-state index in [2.05, 4.69) is 5.32 Å². The van der Waals surface area contributed by atoms with Crippen LogP contribution in [0.1, 0.15) is 32.6 Å². The first-order valence-electron chi connectivity index (χ1n) is 7.97. The van der Waals surface area contributed by atoms with E-state index in [0.717, 1.165) is 38.8 Å². The first-order chi connectivity index (χ1) is 10.2. The van der Waals surface area contributed by atoms with Crippen LogP contribution in [0, 0.1) is 5.92 Å². The number of nitrogens with one attached hydrogen (secondary N) is 1. The van der Waals surface area contributed by atoms with Crippen molar-refractivity contribution in [3.05, 3.63) is 0 Å². The van der Waals surface area contributed by atoms with Crippen LogP contribution in [-0.4, -0.2) is 62.3 Å². The summed E-state index contributed by atoms with van der Waals surface area (Å²) in [4.78, 5) is 25.7. The number of hydrogen-bond donors (Lipinski definition) is 1. The first kappa shape index (κ1) is 16.2. The van der Waals surface area contributed by atoms with Crippen molar-refractivity contribution in [2.75, 3.05) is 39.4 Å². The molecule has 2 heterocycles. The minimum absolute atomic E-state index is 0.0115. The smallest absolute Gasteiger partial charge is 0.310 e. The van der Waals surface area contributed by atoms with Gasteiger partial charge in [0.15, 0.2) is 0 Å². The van der Waals surface area contributed by atoms with Crippen LogP contribution in [0.5, 0.6) is 0 Å². The second-order valence-corrected chi connectivity index (χ2v) is 5.69. The van der Waals surface area contributed by atoms with E-state index < -0.39 is 0 Å². The van der Waals surface area contributed by atoms with Gasteiger partial charge in [0.1, 0.15) is 6.61 Å². The number of carbonyl (C=O) groups is 2. The lowest BCUT2D eigenvalue weighted by Gasteiger charge is -2.32. The topological polar surface area (TPSA) is 67.9 Å². The Morgan fingerprint density at radius 1 is 1.24 bits per heavy atom. The van der Waals surface area contributed by atoms with Gasteiger partial charge in [-0.05, 0) is 45.7 Å². The van der Waals surface area contributed by atoms with Crippen molar-refractivity contribution in [2.24, 2.45) is 5.92 Å². The van der Waals surface area contributed by atoms with Crippen molar-refractivity contribution in [3.63, 3.8) is 0 Å². The fraction of sp³-hybridized carbons (Fsp3) is 0.867. The van der Waals surface area contributed by atoms with Crippen LogP contribution < -0.4 is 5.32 Å². The van der Waals surface area contributed by atoms with Crippen LogP contribution in [0.3, 0.4) is 0 Å². The maximum atomic E-state index is 12.2. The molecule has 0 radical (unpaired) electrons. The van der Waals surface area contributed by atoms with Crippen LogP contribution in [0.25, 0.3) is 0 Å². The molecule has 0 bridgehead atoms. The van der Waals surface area contributed by atoms with E-state index in [1.807, 2.05) is 0 Å². The predicted octanol–water partition coefficient (Wildman–Crippen LogP) is 0.557. The molecule has 0 aromatic rings. The zero-order chi connectivity index (χ0) is 15.1. The monoisotopic (exact) mass is 298 g/mol. The summed E-state index contributed by atoms with van der Waals surface area (Å²) < 4.78 is 10.7. The number of esters is 1. The number of piperidine rings is 2. The van der Waals surface area contributed by atoms with E-state index in [0.29, 0.717) is 19.7 Å². The maximum Gasteiger partial charge on any atom is 0.310 e. The summed E-state index contributed by atoms with van der Waals surface area (Å²) >= 11 is 0. The molecule has 2 rings (SSSR count). The maximum absolute atomic E-state index is 12.2. The van der Waals surface area contributed by atoms with Gasteiger partial charge in [-0.3, -0.25) is 9.59 Å². The lowest BCUT2D eigenvalue weighted by molar-refractivity contribution is -0.152. The Morgan fingerprint density at radius 3 is 2.71 bits per heavy atom. The molecule has 2 saturated heterocycles. The molecule has 0 saturated carbocycles. The molecular formula is C15H26N2O4. The Hall–Kier alpha value is -1.14. The van der Waals surface area contributed by atoms with Gasteiger partial charge >= 0.3 is 5.97 Å². The second kappa shape index (κ2) is 8.34. The molecule has 1 amide bonds. The zero-order valence-electron chi connectivity index (χ0n) is 12.8. The third-order valence-electron chi connectivity index (χ3n) is 4.12. The van der Waals surface area contributed by atoms with Gasteiger partial charge in [0, 0.05) is 13.1 Å². The number of likely N-dealkylation sites (tertiary alicyclic amines) is 1. The highest BCUT2D eigenvalue weighted by Gasteiger charge is 2.29. The van der Waals surface area contributed by atoms with Gasteiger partial charge in [0.05, 0.1) is 18.6 Å². The first-order valence-corrected chi connectivity index (χ1v) is 7.97. The molecule has 6 heteroatoms. The number of ether oxygens (including phenoxy) is 2. The van der Waals surface area contributed by atoms with E-state index in [9.17, 15) is 9.59 Å². The molecule has 0 aliphatic carbocycles. The van der Waals surface area contributed by atoms with Crippen LogP contribution in [0.4, 0.5) is 0 Å². The van der Waals surface area contributed by atoms with Gasteiger partial charge in [-0.25, -0.2) is 0 Å². The van der Waals surface area contributed by atoms with Crippen molar-refractivity contribution in [2.45, 2.75) is 38.7 Å². The lowest BCUT2D eigenvalue weighted by atomic mass is 9.98. The Kier molecular flexibility index (Phi) is 6.45. The minimum atomic E-state index is -0.186. The van der Waals surface area contributed by atoms with E-state index in [1.165, 1.54) is 0 Å². The molecule has 1 atom stereocenters. The molecule has 120 valence electrons. The third-order valence-corrected chi connectivity index (χ3v) is 4.12. The molecule has 0 aromatic heterocycles. The predicted molar refractivity (Wildman–Crippen MR) is 77.8 cm³/mol. The lowest BCUT2D eigenvalue weighted by Crippen LogP contribution is -2.45. The van der Waals surface area contributed by atoms with E-state index in [-0.39, 0.29) is 30.5 Å². The minimum Gasteiger partial charge on any atom is -0.466 e. The summed E-state index contributed by atoms with van der Waals surface area (Å²) in [5.41, 5.74) is 0. The van der Waals surface area contributed by atoms with Crippen LogP contribution in [0.2, 0.25) is 0 Å². The quantitative estimate of drug-likeness (QED) is 0.751. The van der Waals surface area contributed by atoms with E-state index >= 15 is 0 Å². The summed E-state index contributed by atoms with van der Waals surface area (Å²) in [6.07, 6.45) is 3.75. The molecule has 0 aromatic carbocycles. The van der Waals surface area contributed by atoms with Gasteiger partial charge < -0.3 is 19.7 Å². The van der Waals surface area contributed by atoms with Crippen molar-refractivity contribution in [3.8, 4) is 0 Å². The van der Waals surface area contributed by atoms with Crippen molar-refractivity contribution >= 4 is 11.9 Å². The standard InChI is InChI=1S/C15H26N2O4/c1-2-20-15(19)12-4-3-9-17(10-12)14(18)11-21-13-5-7-16-8-6-13/h12-13,16H,2-11H2,1H3. The summed E-state index contributed by atoms with van der Waals surface area (Å²) in [5.74, 6) is -0.377. The molecule has 2 aliphatic rings. The van der Waals surface area contributed by atoms with E-state index in [4.69, 9.17) is 9.47 Å². The van der Waals surface area contributed by atoms with Crippen molar-refractivity contribution < 1.29 is 19.1 Å². The Balaban J connectivity index is 1.74. The summed E-state index contributed by atoms with van der Waals surface area (Å²) in [7, 11) is 0. The third kappa shape index (κ3) is 4.97. The van der Waals surface area contributed by atoms with Gasteiger partial charge in [0.2, 0.25) is 5.91 Å². The fourth-order valence-electron chi connectivity index (χ4n) is 2.90. The number of rotatable bonds is 5. The Labute approximate surface area is 126 Å². The zero-order valence-corrected chi connectivity index (χ0v) is 12.8. The average molecular weight is 298 g/mol. The summed E-state index contributed by atoms with van der Waals surface area (Å²) in [5, 5.41) is 3.27. The largest absolute Gasteiger partial charge is 0.466 e. The number of carbonyl (C=O) groups excluding carboxylic acids is 2. The van der Waals surface area contributed by atoms with Crippen molar-refractivity contribution in [1.82, 2.24) is 10.2 Å². The van der Waals surface area contributed by atoms with Crippen molar-refractivity contribution in [1.29, 1.82) is 0 Å². The van der Waals surface area contributed by atoms with Gasteiger partial charge in [0.25, 0.3) is 0 Å². The molecule has 2 fully saturated rings. The number of amides is 1. The van der Waals surface area contributed by atoms with Gasteiger partial charge in [-0.15, -0.1) is 0 Å². The number of hydrogen-bond acceptors (Lipinski definition) is 5. The highest BCUT2D eigenvalue weighted by atomic mass is 16.5. The van der Waals surface area contributed by atoms with Crippen LogP contribution in [0.15, 0.2) is 0 Å². The van der Waals surface area contributed by atoms with E-state index in [1.54, 1.807) is 11.8 Å². The molecule has 2 aliphatic heterocycles. The summed E-state index contributed by atoms with van der Waals surface area (Å²) in [6.45, 7) is 5.40.